The number of nitrogens with zero attached hydrogens (tertiary/aromatic N) is 4. The van der Waals surface area contributed by atoms with E-state index in [0.29, 0.717) is 35.7 Å². The SMILES string of the molecule is Cc1cc([C@](O)(c2cncc(-c3noc(C(C)(C)O)n3)c2)C2(C)CN(C(=O)OC(C)(C)C)C2)ccc1C(C)C. The molecule has 2 N–H and O–H groups in total. The first-order chi connectivity index (χ1) is 17.9. The molecule has 9 nitrogen and oxygen atoms in total. The maximum absolute atomic E-state index is 12.8. The molecule has 0 bridgehead atoms. The van der Waals surface area contributed by atoms with E-state index >= 15 is 0 Å². The van der Waals surface area contributed by atoms with Gasteiger partial charge in [0.15, 0.2) is 0 Å². The van der Waals surface area contributed by atoms with Crippen molar-refractivity contribution in [2.24, 2.45) is 5.41 Å². The molecule has 1 amide bonds. The molecular weight excluding hydrogens is 496 g/mol. The summed E-state index contributed by atoms with van der Waals surface area (Å²) in [4.78, 5) is 23.2. The van der Waals surface area contributed by atoms with Gasteiger partial charge in [-0.3, -0.25) is 4.98 Å². The van der Waals surface area contributed by atoms with Gasteiger partial charge in [0.1, 0.15) is 16.8 Å². The van der Waals surface area contributed by atoms with Crippen molar-refractivity contribution in [2.75, 3.05) is 13.1 Å². The third-order valence-electron chi connectivity index (χ3n) is 7.28. The Hall–Kier alpha value is -3.30. The van der Waals surface area contributed by atoms with Crippen molar-refractivity contribution in [3.63, 3.8) is 0 Å². The summed E-state index contributed by atoms with van der Waals surface area (Å²) in [6.45, 7) is 17.5. The van der Waals surface area contributed by atoms with Crippen molar-refractivity contribution in [1.82, 2.24) is 20.0 Å². The van der Waals surface area contributed by atoms with Crippen LogP contribution in [0.15, 0.2) is 41.2 Å². The second-order valence-corrected chi connectivity index (χ2v) is 12.8. The van der Waals surface area contributed by atoms with Crippen molar-refractivity contribution in [3.8, 4) is 11.4 Å². The number of benzene rings is 1. The molecule has 0 spiro atoms. The van der Waals surface area contributed by atoms with Gasteiger partial charge in [-0.2, -0.15) is 4.98 Å². The Morgan fingerprint density at radius 1 is 1.08 bits per heavy atom. The number of aryl methyl sites for hydroxylation is 1. The summed E-state index contributed by atoms with van der Waals surface area (Å²) < 4.78 is 10.8. The van der Waals surface area contributed by atoms with Crippen LogP contribution in [0, 0.1) is 12.3 Å². The lowest BCUT2D eigenvalue weighted by Gasteiger charge is -2.56. The fourth-order valence-corrected chi connectivity index (χ4v) is 5.24. The van der Waals surface area contributed by atoms with Crippen LogP contribution in [-0.2, 0) is 15.9 Å². The monoisotopic (exact) mass is 536 g/mol. The van der Waals surface area contributed by atoms with Gasteiger partial charge < -0.3 is 24.4 Å². The standard InChI is InChI=1S/C30H40N4O5/c1-18(2)23-11-10-21(12-19(23)3)30(37,29(9)16-34(17-29)26(35)38-27(4,5)6)22-13-20(14-31-15-22)24-32-25(39-33-24)28(7,8)36/h10-15,18,36-37H,16-17H2,1-9H3/t30-/m0/s1. The second kappa shape index (κ2) is 9.71. The number of hydrogen-bond acceptors (Lipinski definition) is 8. The Bertz CT molecular complexity index is 1360. The quantitative estimate of drug-likeness (QED) is 0.436. The lowest BCUT2D eigenvalue weighted by atomic mass is 9.61. The highest BCUT2D eigenvalue weighted by molar-refractivity contribution is 5.70. The average Bonchev–Trinajstić information content (AvgIpc) is 3.31. The van der Waals surface area contributed by atoms with Crippen LogP contribution in [0.4, 0.5) is 4.79 Å². The zero-order valence-corrected chi connectivity index (χ0v) is 24.4. The highest BCUT2D eigenvalue weighted by atomic mass is 16.6. The predicted octanol–water partition coefficient (Wildman–Crippen LogP) is 5.28. The van der Waals surface area contributed by atoms with E-state index in [4.69, 9.17) is 9.26 Å². The van der Waals surface area contributed by atoms with Crippen molar-refractivity contribution in [1.29, 1.82) is 0 Å². The molecule has 0 aliphatic carbocycles. The second-order valence-electron chi connectivity index (χ2n) is 12.8. The molecule has 1 aliphatic rings. The molecule has 1 aromatic carbocycles. The first-order valence-corrected chi connectivity index (χ1v) is 13.3. The Morgan fingerprint density at radius 3 is 2.28 bits per heavy atom. The molecule has 210 valence electrons. The molecule has 1 atom stereocenters. The van der Waals surface area contributed by atoms with E-state index in [1.165, 1.54) is 5.56 Å². The molecule has 0 radical (unpaired) electrons. The summed E-state index contributed by atoms with van der Waals surface area (Å²) in [7, 11) is 0. The molecule has 3 heterocycles. The summed E-state index contributed by atoms with van der Waals surface area (Å²) in [6, 6.07) is 7.82. The summed E-state index contributed by atoms with van der Waals surface area (Å²) in [5.74, 6) is 0.670. The lowest BCUT2D eigenvalue weighted by molar-refractivity contribution is -0.131. The molecule has 1 saturated heterocycles. The van der Waals surface area contributed by atoms with Gasteiger partial charge in [-0.25, -0.2) is 4.79 Å². The fraction of sp³-hybridized carbons (Fsp3) is 0.533. The molecule has 3 aromatic rings. The van der Waals surface area contributed by atoms with E-state index in [1.807, 2.05) is 46.8 Å². The third kappa shape index (κ3) is 5.43. The number of pyridine rings is 1. The van der Waals surface area contributed by atoms with Crippen molar-refractivity contribution < 1.29 is 24.3 Å². The van der Waals surface area contributed by atoms with E-state index in [2.05, 4.69) is 35.0 Å². The minimum atomic E-state index is -1.50. The fourth-order valence-electron chi connectivity index (χ4n) is 5.24. The molecule has 4 rings (SSSR count). The van der Waals surface area contributed by atoms with Crippen LogP contribution in [0.3, 0.4) is 0 Å². The van der Waals surface area contributed by atoms with Crippen LogP contribution in [0.2, 0.25) is 0 Å². The van der Waals surface area contributed by atoms with E-state index < -0.39 is 28.3 Å². The van der Waals surface area contributed by atoms with E-state index in [1.54, 1.807) is 37.2 Å². The number of aromatic nitrogens is 3. The summed E-state index contributed by atoms with van der Waals surface area (Å²) in [6.07, 6.45) is 2.81. The molecular formula is C30H40N4O5. The molecule has 1 aliphatic heterocycles. The van der Waals surface area contributed by atoms with Crippen LogP contribution >= 0.6 is 0 Å². The van der Waals surface area contributed by atoms with Gasteiger partial charge in [0, 0.05) is 42.0 Å². The number of carbonyl (C=O) groups excluding carboxylic acids is 1. The number of carbonyl (C=O) groups is 1. The van der Waals surface area contributed by atoms with Crippen molar-refractivity contribution in [3.05, 3.63) is 64.8 Å². The van der Waals surface area contributed by atoms with Gasteiger partial charge in [0.2, 0.25) is 5.82 Å². The Balaban J connectivity index is 1.79. The van der Waals surface area contributed by atoms with Crippen LogP contribution in [0.5, 0.6) is 0 Å². The summed E-state index contributed by atoms with van der Waals surface area (Å²) in [5, 5.41) is 27.0. The third-order valence-corrected chi connectivity index (χ3v) is 7.28. The van der Waals surface area contributed by atoms with Crippen molar-refractivity contribution in [2.45, 2.75) is 85.0 Å². The highest BCUT2D eigenvalue weighted by Gasteiger charge is 2.58. The molecule has 0 unspecified atom stereocenters. The van der Waals surface area contributed by atoms with Crippen LogP contribution < -0.4 is 0 Å². The Labute approximate surface area is 230 Å². The van der Waals surface area contributed by atoms with Gasteiger partial charge in [-0.05, 0) is 70.2 Å². The molecule has 9 heteroatoms. The summed E-state index contributed by atoms with van der Waals surface area (Å²) in [5.41, 5.74) is -0.0998. The number of hydrogen-bond donors (Lipinski definition) is 2. The maximum atomic E-state index is 12.8. The average molecular weight is 537 g/mol. The molecule has 1 fully saturated rings. The molecule has 0 saturated carbocycles. The summed E-state index contributed by atoms with van der Waals surface area (Å²) >= 11 is 0. The van der Waals surface area contributed by atoms with Gasteiger partial charge >= 0.3 is 6.09 Å². The minimum Gasteiger partial charge on any atom is -0.444 e. The highest BCUT2D eigenvalue weighted by Crippen LogP contribution is 2.51. The zero-order valence-electron chi connectivity index (χ0n) is 24.4. The van der Waals surface area contributed by atoms with Gasteiger partial charge in [0.25, 0.3) is 5.89 Å². The topological polar surface area (TPSA) is 122 Å². The largest absolute Gasteiger partial charge is 0.444 e. The number of aliphatic hydroxyl groups is 2. The van der Waals surface area contributed by atoms with Gasteiger partial charge in [-0.1, -0.05) is 44.1 Å². The van der Waals surface area contributed by atoms with E-state index in [9.17, 15) is 15.0 Å². The maximum Gasteiger partial charge on any atom is 0.410 e. The first-order valence-electron chi connectivity index (χ1n) is 13.3. The van der Waals surface area contributed by atoms with Crippen LogP contribution in [0.25, 0.3) is 11.4 Å². The number of likely N-dealkylation sites (tertiary alicyclic amines) is 1. The van der Waals surface area contributed by atoms with E-state index in [0.717, 1.165) is 5.56 Å². The minimum absolute atomic E-state index is 0.0806. The van der Waals surface area contributed by atoms with Gasteiger partial charge in [-0.15, -0.1) is 0 Å². The Kier molecular flexibility index (Phi) is 7.15. The van der Waals surface area contributed by atoms with Crippen LogP contribution in [-0.4, -0.2) is 55.0 Å². The normalized spacial score (nSPS) is 17.1. The van der Waals surface area contributed by atoms with E-state index in [-0.39, 0.29) is 11.7 Å². The first kappa shape index (κ1) is 28.7. The predicted molar refractivity (Wildman–Crippen MR) is 147 cm³/mol. The van der Waals surface area contributed by atoms with Crippen LogP contribution in [0.1, 0.15) is 89.5 Å². The molecule has 2 aromatic heterocycles. The zero-order chi connectivity index (χ0) is 29.0. The van der Waals surface area contributed by atoms with Crippen molar-refractivity contribution >= 4 is 6.09 Å². The van der Waals surface area contributed by atoms with Gasteiger partial charge in [0.05, 0.1) is 0 Å². The number of ether oxygens (including phenoxy) is 1. The Morgan fingerprint density at radius 2 is 1.74 bits per heavy atom. The smallest absolute Gasteiger partial charge is 0.410 e. The number of amides is 1. The lowest BCUT2D eigenvalue weighted by Crippen LogP contribution is -2.66. The number of rotatable bonds is 6. The molecule has 39 heavy (non-hydrogen) atoms.